The molecule has 0 radical (unpaired) electrons. The first-order valence-corrected chi connectivity index (χ1v) is 7.90. The average molecular weight is 377 g/mol. The van der Waals surface area contributed by atoms with Gasteiger partial charge in [-0.2, -0.15) is 0 Å². The van der Waals surface area contributed by atoms with Gasteiger partial charge >= 0.3 is 0 Å². The van der Waals surface area contributed by atoms with E-state index in [1.54, 1.807) is 0 Å². The fourth-order valence-electron chi connectivity index (χ4n) is 2.71. The highest BCUT2D eigenvalue weighted by atomic mass is 127. The summed E-state index contributed by atoms with van der Waals surface area (Å²) in [5.41, 5.74) is 4.39. The van der Waals surface area contributed by atoms with Gasteiger partial charge in [0.1, 0.15) is 0 Å². The van der Waals surface area contributed by atoms with E-state index in [0.717, 1.165) is 34.2 Å². The molecule has 0 aliphatic carbocycles. The number of benzene rings is 2. The summed E-state index contributed by atoms with van der Waals surface area (Å²) in [5, 5.41) is 0. The van der Waals surface area contributed by atoms with Crippen molar-refractivity contribution < 1.29 is 4.79 Å². The van der Waals surface area contributed by atoms with Crippen LogP contribution in [0.5, 0.6) is 0 Å². The fraction of sp³-hybridized carbons (Fsp3) is 0.235. The minimum atomic E-state index is 0.105. The fourth-order valence-corrected chi connectivity index (χ4v) is 3.26. The van der Waals surface area contributed by atoms with Gasteiger partial charge in [0.15, 0.2) is 0 Å². The monoisotopic (exact) mass is 377 g/mol. The normalized spacial score (nSPS) is 14.0. The summed E-state index contributed by atoms with van der Waals surface area (Å²) in [6, 6.07) is 14.1. The lowest BCUT2D eigenvalue weighted by Crippen LogP contribution is -2.35. The van der Waals surface area contributed by atoms with E-state index in [1.807, 2.05) is 29.2 Å². The highest BCUT2D eigenvalue weighted by Gasteiger charge is 2.23. The van der Waals surface area contributed by atoms with Gasteiger partial charge in [0.25, 0.3) is 5.91 Å². The Morgan fingerprint density at radius 2 is 2.05 bits per heavy atom. The number of anilines is 1. The number of nitrogens with zero attached hydrogens (tertiary/aromatic N) is 1. The second kappa shape index (κ2) is 5.56. The predicted molar refractivity (Wildman–Crippen MR) is 90.3 cm³/mol. The molecule has 0 spiro atoms. The molecule has 0 saturated carbocycles. The van der Waals surface area contributed by atoms with Crippen LogP contribution in [0.3, 0.4) is 0 Å². The van der Waals surface area contributed by atoms with E-state index in [1.165, 1.54) is 11.1 Å². The van der Waals surface area contributed by atoms with Gasteiger partial charge in [-0.05, 0) is 72.2 Å². The van der Waals surface area contributed by atoms with Gasteiger partial charge in [-0.3, -0.25) is 4.79 Å². The Kier molecular flexibility index (Phi) is 3.78. The number of hydrogen-bond acceptors (Lipinski definition) is 1. The number of fused-ring (bicyclic) bond motifs is 1. The first-order valence-electron chi connectivity index (χ1n) is 6.82. The van der Waals surface area contributed by atoms with Crippen LogP contribution < -0.4 is 4.90 Å². The topological polar surface area (TPSA) is 20.3 Å². The summed E-state index contributed by atoms with van der Waals surface area (Å²) in [5.74, 6) is 0.105. The maximum atomic E-state index is 12.7. The van der Waals surface area contributed by atoms with Gasteiger partial charge < -0.3 is 4.90 Å². The van der Waals surface area contributed by atoms with Gasteiger partial charge in [0.2, 0.25) is 0 Å². The molecule has 2 aromatic carbocycles. The number of hydrogen-bond donors (Lipinski definition) is 0. The maximum Gasteiger partial charge on any atom is 0.258 e. The van der Waals surface area contributed by atoms with Crippen molar-refractivity contribution in [1.82, 2.24) is 0 Å². The molecule has 1 aliphatic heterocycles. The molecule has 0 N–H and O–H groups in total. The molecule has 1 amide bonds. The SMILES string of the molecule is Cc1ccc2c(c1)CCCN2C(=O)c1cccc(I)c1. The molecule has 0 bridgehead atoms. The average Bonchev–Trinajstić information content (AvgIpc) is 2.45. The summed E-state index contributed by atoms with van der Waals surface area (Å²) in [6.07, 6.45) is 2.10. The second-order valence-electron chi connectivity index (χ2n) is 5.20. The molecule has 3 heteroatoms. The number of amides is 1. The minimum Gasteiger partial charge on any atom is -0.308 e. The Bertz CT molecular complexity index is 666. The van der Waals surface area contributed by atoms with Crippen LogP contribution in [0, 0.1) is 10.5 Å². The molecule has 0 unspecified atom stereocenters. The summed E-state index contributed by atoms with van der Waals surface area (Å²) in [6.45, 7) is 2.90. The number of halogens is 1. The van der Waals surface area contributed by atoms with Crippen molar-refractivity contribution in [1.29, 1.82) is 0 Å². The van der Waals surface area contributed by atoms with Crippen molar-refractivity contribution in [3.8, 4) is 0 Å². The zero-order valence-corrected chi connectivity index (χ0v) is 13.6. The molecule has 0 atom stereocenters. The lowest BCUT2D eigenvalue weighted by molar-refractivity contribution is 0.0985. The molecule has 2 aromatic rings. The molecule has 102 valence electrons. The molecular weight excluding hydrogens is 361 g/mol. The highest BCUT2D eigenvalue weighted by Crippen LogP contribution is 2.29. The first-order chi connectivity index (χ1) is 9.65. The second-order valence-corrected chi connectivity index (χ2v) is 6.45. The number of aryl methyl sites for hydroxylation is 2. The lowest BCUT2D eigenvalue weighted by atomic mass is 9.99. The van der Waals surface area contributed by atoms with Gasteiger partial charge in [0.05, 0.1) is 0 Å². The quantitative estimate of drug-likeness (QED) is 0.683. The third-order valence-corrected chi connectivity index (χ3v) is 4.34. The first kappa shape index (κ1) is 13.6. The van der Waals surface area contributed by atoms with Crippen LogP contribution >= 0.6 is 22.6 Å². The molecule has 3 rings (SSSR count). The molecule has 1 aliphatic rings. The van der Waals surface area contributed by atoms with Gasteiger partial charge in [-0.1, -0.05) is 23.8 Å². The van der Waals surface area contributed by atoms with E-state index in [-0.39, 0.29) is 5.91 Å². The number of carbonyl (C=O) groups is 1. The van der Waals surface area contributed by atoms with Crippen molar-refractivity contribution in [2.75, 3.05) is 11.4 Å². The molecule has 20 heavy (non-hydrogen) atoms. The molecule has 0 fully saturated rings. The summed E-state index contributed by atoms with van der Waals surface area (Å²) >= 11 is 2.24. The third-order valence-electron chi connectivity index (χ3n) is 3.67. The lowest BCUT2D eigenvalue weighted by Gasteiger charge is -2.30. The highest BCUT2D eigenvalue weighted by molar-refractivity contribution is 14.1. The van der Waals surface area contributed by atoms with E-state index >= 15 is 0 Å². The Labute approximate surface area is 132 Å². The largest absolute Gasteiger partial charge is 0.308 e. The van der Waals surface area contributed by atoms with Crippen LogP contribution in [-0.2, 0) is 6.42 Å². The standard InChI is InChI=1S/C17H16INO/c1-12-7-8-16-13(10-12)5-3-9-19(16)17(20)14-4-2-6-15(18)11-14/h2,4,6-8,10-11H,3,5,9H2,1H3. The van der Waals surface area contributed by atoms with Crippen LogP contribution in [0.25, 0.3) is 0 Å². The molecule has 2 nitrogen and oxygen atoms in total. The zero-order valence-electron chi connectivity index (χ0n) is 11.4. The van der Waals surface area contributed by atoms with Crippen molar-refractivity contribution in [2.45, 2.75) is 19.8 Å². The van der Waals surface area contributed by atoms with E-state index in [4.69, 9.17) is 0 Å². The molecule has 0 aromatic heterocycles. The smallest absolute Gasteiger partial charge is 0.258 e. The Hall–Kier alpha value is -1.36. The van der Waals surface area contributed by atoms with Crippen molar-refractivity contribution >= 4 is 34.2 Å². The van der Waals surface area contributed by atoms with E-state index < -0.39 is 0 Å². The summed E-state index contributed by atoms with van der Waals surface area (Å²) in [4.78, 5) is 14.6. The van der Waals surface area contributed by atoms with Gasteiger partial charge in [-0.15, -0.1) is 0 Å². The van der Waals surface area contributed by atoms with Crippen molar-refractivity contribution in [3.63, 3.8) is 0 Å². The van der Waals surface area contributed by atoms with E-state index in [0.29, 0.717) is 0 Å². The predicted octanol–water partition coefficient (Wildman–Crippen LogP) is 4.19. The van der Waals surface area contributed by atoms with Gasteiger partial charge in [-0.25, -0.2) is 0 Å². The Balaban J connectivity index is 1.98. The Morgan fingerprint density at radius 1 is 1.20 bits per heavy atom. The van der Waals surface area contributed by atoms with Crippen LogP contribution in [-0.4, -0.2) is 12.5 Å². The van der Waals surface area contributed by atoms with Crippen LogP contribution in [0.2, 0.25) is 0 Å². The van der Waals surface area contributed by atoms with Crippen LogP contribution in [0.1, 0.15) is 27.9 Å². The van der Waals surface area contributed by atoms with Gasteiger partial charge in [0, 0.05) is 21.4 Å². The zero-order chi connectivity index (χ0) is 14.1. The van der Waals surface area contributed by atoms with Crippen LogP contribution in [0.15, 0.2) is 42.5 Å². The summed E-state index contributed by atoms with van der Waals surface area (Å²) in [7, 11) is 0. The summed E-state index contributed by atoms with van der Waals surface area (Å²) < 4.78 is 1.09. The van der Waals surface area contributed by atoms with Crippen molar-refractivity contribution in [3.05, 3.63) is 62.7 Å². The minimum absolute atomic E-state index is 0.105. The van der Waals surface area contributed by atoms with E-state index in [2.05, 4.69) is 47.7 Å². The molecular formula is C17H16INO. The number of rotatable bonds is 1. The maximum absolute atomic E-state index is 12.7. The Morgan fingerprint density at radius 3 is 2.85 bits per heavy atom. The van der Waals surface area contributed by atoms with Crippen LogP contribution in [0.4, 0.5) is 5.69 Å². The number of carbonyl (C=O) groups excluding carboxylic acids is 1. The molecule has 1 heterocycles. The third kappa shape index (κ3) is 2.59. The van der Waals surface area contributed by atoms with E-state index in [9.17, 15) is 4.79 Å². The van der Waals surface area contributed by atoms with Crippen molar-refractivity contribution in [2.24, 2.45) is 0 Å². The molecule has 0 saturated heterocycles.